The molecule has 0 bridgehead atoms. The van der Waals surface area contributed by atoms with Crippen LogP contribution in [0.4, 0.5) is 0 Å². The minimum Gasteiger partial charge on any atom is -0.327 e. The van der Waals surface area contributed by atoms with Crippen LogP contribution in [0.15, 0.2) is 0 Å². The van der Waals surface area contributed by atoms with Crippen molar-refractivity contribution >= 4 is 7.80 Å². The molecule has 1 atom stereocenters. The first-order valence-corrected chi connectivity index (χ1v) is 12.1. The third-order valence-electron chi connectivity index (χ3n) is 4.59. The summed E-state index contributed by atoms with van der Waals surface area (Å²) in [6.07, 6.45) is 24.2. The van der Waals surface area contributed by atoms with Crippen molar-refractivity contribution < 1.29 is 4.57 Å². The molecule has 22 heavy (non-hydrogen) atoms. The third kappa shape index (κ3) is 18.3. The van der Waals surface area contributed by atoms with Crippen LogP contribution in [0, 0.1) is 0 Å². The zero-order valence-corrected chi connectivity index (χ0v) is 16.6. The fourth-order valence-electron chi connectivity index (χ4n) is 3.10. The highest BCUT2D eigenvalue weighted by molar-refractivity contribution is 7.44. The Labute approximate surface area is 141 Å². The summed E-state index contributed by atoms with van der Waals surface area (Å²) in [5.41, 5.74) is 0. The molecule has 0 aromatic carbocycles. The van der Waals surface area contributed by atoms with E-state index >= 15 is 0 Å². The Balaban J connectivity index is 3.01. The fourth-order valence-corrected chi connectivity index (χ4v) is 4.55. The monoisotopic (exact) mass is 330 g/mol. The summed E-state index contributed by atoms with van der Waals surface area (Å²) in [5.74, 6) is 0. The first-order valence-electron chi connectivity index (χ1n) is 10.3. The molecule has 0 spiro atoms. The lowest BCUT2D eigenvalue weighted by Crippen LogP contribution is -1.85. The number of hydrogen-bond acceptors (Lipinski definition) is 1. The molecule has 0 fully saturated rings. The molecule has 0 saturated heterocycles. The molecule has 0 radical (unpaired) electrons. The number of hydrogen-bond donors (Lipinski definition) is 0. The molecule has 2 heteroatoms. The van der Waals surface area contributed by atoms with E-state index in [1.54, 1.807) is 0 Å². The van der Waals surface area contributed by atoms with Crippen LogP contribution >= 0.6 is 7.80 Å². The third-order valence-corrected chi connectivity index (χ3v) is 6.56. The predicted molar refractivity (Wildman–Crippen MR) is 104 cm³/mol. The standard InChI is InChI=1S/C20H43OP/c1-3-5-6-7-8-9-10-11-12-13-14-15-16-17-18-20-22(21)19-4-2/h22H,3-20H2,1-2H3. The Bertz CT molecular complexity index is 228. The Morgan fingerprint density at radius 1 is 0.455 bits per heavy atom. The lowest BCUT2D eigenvalue weighted by molar-refractivity contribution is 0.534. The summed E-state index contributed by atoms with van der Waals surface area (Å²) in [5, 5.41) is 0. The maximum Gasteiger partial charge on any atom is 0.0762 e. The summed E-state index contributed by atoms with van der Waals surface area (Å²) < 4.78 is 11.6. The van der Waals surface area contributed by atoms with Gasteiger partial charge in [0.15, 0.2) is 0 Å². The van der Waals surface area contributed by atoms with Gasteiger partial charge in [-0.15, -0.1) is 0 Å². The maximum absolute atomic E-state index is 11.6. The molecule has 1 unspecified atom stereocenters. The van der Waals surface area contributed by atoms with Crippen molar-refractivity contribution in [1.29, 1.82) is 0 Å². The minimum atomic E-state index is -1.21. The Hall–Kier alpha value is 0.230. The van der Waals surface area contributed by atoms with Crippen molar-refractivity contribution in [3.05, 3.63) is 0 Å². The Kier molecular flexibility index (Phi) is 19.5. The van der Waals surface area contributed by atoms with Gasteiger partial charge in [0.1, 0.15) is 0 Å². The van der Waals surface area contributed by atoms with Crippen LogP contribution in [-0.4, -0.2) is 12.3 Å². The number of rotatable bonds is 18. The first-order chi connectivity index (χ1) is 10.8. The van der Waals surface area contributed by atoms with E-state index in [9.17, 15) is 4.57 Å². The van der Waals surface area contributed by atoms with Crippen molar-refractivity contribution in [3.8, 4) is 0 Å². The van der Waals surface area contributed by atoms with Gasteiger partial charge in [-0.1, -0.05) is 104 Å². The fraction of sp³-hybridized carbons (Fsp3) is 1.00. The molecule has 1 nitrogen and oxygen atoms in total. The van der Waals surface area contributed by atoms with Gasteiger partial charge in [0.2, 0.25) is 0 Å². The molecular weight excluding hydrogens is 287 g/mol. The molecule has 0 aliphatic rings. The molecule has 134 valence electrons. The van der Waals surface area contributed by atoms with E-state index in [-0.39, 0.29) is 0 Å². The highest BCUT2D eigenvalue weighted by atomic mass is 31.1. The van der Waals surface area contributed by atoms with Crippen LogP contribution in [-0.2, 0) is 4.57 Å². The Morgan fingerprint density at radius 2 is 0.818 bits per heavy atom. The van der Waals surface area contributed by atoms with Crippen LogP contribution in [0.3, 0.4) is 0 Å². The summed E-state index contributed by atoms with van der Waals surface area (Å²) in [7, 11) is -1.21. The average molecular weight is 331 g/mol. The van der Waals surface area contributed by atoms with Crippen LogP contribution in [0.25, 0.3) is 0 Å². The van der Waals surface area contributed by atoms with Crippen molar-refractivity contribution in [2.24, 2.45) is 0 Å². The van der Waals surface area contributed by atoms with E-state index in [0.717, 1.165) is 18.7 Å². The molecule has 0 aromatic heterocycles. The van der Waals surface area contributed by atoms with Crippen molar-refractivity contribution in [3.63, 3.8) is 0 Å². The van der Waals surface area contributed by atoms with Crippen LogP contribution in [0.5, 0.6) is 0 Å². The van der Waals surface area contributed by atoms with Gasteiger partial charge in [-0.2, -0.15) is 0 Å². The van der Waals surface area contributed by atoms with Gasteiger partial charge >= 0.3 is 0 Å². The quantitative estimate of drug-likeness (QED) is 0.185. The van der Waals surface area contributed by atoms with E-state index in [0.29, 0.717) is 0 Å². The van der Waals surface area contributed by atoms with E-state index in [2.05, 4.69) is 13.8 Å². The van der Waals surface area contributed by atoms with Crippen molar-refractivity contribution in [1.82, 2.24) is 0 Å². The molecule has 0 N–H and O–H groups in total. The molecule has 0 aromatic rings. The van der Waals surface area contributed by atoms with Gasteiger partial charge in [0.05, 0.1) is 7.80 Å². The van der Waals surface area contributed by atoms with E-state index in [4.69, 9.17) is 0 Å². The van der Waals surface area contributed by atoms with Gasteiger partial charge in [-0.3, -0.25) is 0 Å². The van der Waals surface area contributed by atoms with E-state index in [1.165, 1.54) is 96.3 Å². The largest absolute Gasteiger partial charge is 0.327 e. The molecule has 0 heterocycles. The minimum absolute atomic E-state index is 0.975. The summed E-state index contributed by atoms with van der Waals surface area (Å²) in [6, 6.07) is 0. The topological polar surface area (TPSA) is 17.1 Å². The molecule has 0 amide bonds. The van der Waals surface area contributed by atoms with Gasteiger partial charge < -0.3 is 4.57 Å². The highest BCUT2D eigenvalue weighted by Gasteiger charge is 1.98. The maximum atomic E-state index is 11.6. The second-order valence-electron chi connectivity index (χ2n) is 6.99. The summed E-state index contributed by atoms with van der Waals surface area (Å²) in [4.78, 5) is 0. The summed E-state index contributed by atoms with van der Waals surface area (Å²) >= 11 is 0. The molecular formula is C20H43OP. The summed E-state index contributed by atoms with van der Waals surface area (Å²) in [6.45, 7) is 4.42. The lowest BCUT2D eigenvalue weighted by Gasteiger charge is -2.03. The highest BCUT2D eigenvalue weighted by Crippen LogP contribution is 2.23. The van der Waals surface area contributed by atoms with E-state index in [1.807, 2.05) is 0 Å². The number of unbranched alkanes of at least 4 members (excludes halogenated alkanes) is 14. The van der Waals surface area contributed by atoms with Crippen LogP contribution in [0.2, 0.25) is 0 Å². The molecule has 0 aliphatic heterocycles. The van der Waals surface area contributed by atoms with Gasteiger partial charge in [-0.25, -0.2) is 0 Å². The first kappa shape index (κ1) is 22.2. The van der Waals surface area contributed by atoms with Crippen molar-refractivity contribution in [2.45, 2.75) is 117 Å². The molecule has 0 aliphatic carbocycles. The zero-order valence-electron chi connectivity index (χ0n) is 15.6. The predicted octanol–water partition coefficient (Wildman–Crippen LogP) is 7.83. The smallest absolute Gasteiger partial charge is 0.0762 e. The second kappa shape index (κ2) is 19.3. The van der Waals surface area contributed by atoms with Crippen LogP contribution < -0.4 is 0 Å². The lowest BCUT2D eigenvalue weighted by atomic mass is 10.0. The van der Waals surface area contributed by atoms with E-state index < -0.39 is 7.80 Å². The van der Waals surface area contributed by atoms with Crippen LogP contribution in [0.1, 0.15) is 117 Å². The van der Waals surface area contributed by atoms with Gasteiger partial charge in [-0.05, 0) is 25.2 Å². The average Bonchev–Trinajstić information content (AvgIpc) is 2.51. The van der Waals surface area contributed by atoms with Gasteiger partial charge in [0.25, 0.3) is 0 Å². The molecule has 0 rings (SSSR count). The normalized spacial score (nSPS) is 12.6. The molecule has 0 saturated carbocycles. The Morgan fingerprint density at radius 3 is 1.18 bits per heavy atom. The zero-order chi connectivity index (χ0) is 16.3. The van der Waals surface area contributed by atoms with Crippen molar-refractivity contribution in [2.75, 3.05) is 12.3 Å². The second-order valence-corrected chi connectivity index (χ2v) is 9.07. The SMILES string of the molecule is CCCCCCCCCCCCCCCCC[PH](=O)CCC. The van der Waals surface area contributed by atoms with Gasteiger partial charge in [0, 0.05) is 0 Å².